The normalized spacial score (nSPS) is 13.9. The molecule has 0 heterocycles. The third kappa shape index (κ3) is 6.57. The van der Waals surface area contributed by atoms with Gasteiger partial charge in [-0.2, -0.15) is 0 Å². The molecule has 0 radical (unpaired) electrons. The average Bonchev–Trinajstić information content (AvgIpc) is 3.48. The van der Waals surface area contributed by atoms with Crippen LogP contribution in [0.5, 0.6) is 5.75 Å². The van der Waals surface area contributed by atoms with Gasteiger partial charge in [0.1, 0.15) is 11.8 Å². The minimum Gasteiger partial charge on any atom is -0.484 e. The number of amides is 3. The largest absolute Gasteiger partial charge is 0.484 e. The summed E-state index contributed by atoms with van der Waals surface area (Å²) in [6.45, 7) is 2.55. The average molecular weight is 391 g/mol. The predicted octanol–water partition coefficient (Wildman–Crippen LogP) is 0.852. The number of carboxylic acids is 1. The molecule has 0 spiro atoms. The van der Waals surface area contributed by atoms with Crippen molar-refractivity contribution in [3.8, 4) is 5.75 Å². The number of anilines is 1. The summed E-state index contributed by atoms with van der Waals surface area (Å²) in [5.41, 5.74) is 0.572. The van der Waals surface area contributed by atoms with Crippen LogP contribution in [0, 0.1) is 5.92 Å². The summed E-state index contributed by atoms with van der Waals surface area (Å²) < 4.78 is 5.48. The zero-order chi connectivity index (χ0) is 20.7. The van der Waals surface area contributed by atoms with Gasteiger partial charge in [0.2, 0.25) is 11.8 Å². The fraction of sp³-hybridized carbons (Fsp3) is 0.474. The molecule has 1 fully saturated rings. The second kappa shape index (κ2) is 9.72. The van der Waals surface area contributed by atoms with Crippen LogP contribution in [0.25, 0.3) is 0 Å². The molecule has 1 unspecified atom stereocenters. The van der Waals surface area contributed by atoms with E-state index in [0.717, 1.165) is 17.7 Å². The van der Waals surface area contributed by atoms with Gasteiger partial charge in [0.25, 0.3) is 5.91 Å². The van der Waals surface area contributed by atoms with Gasteiger partial charge in [-0.1, -0.05) is 6.07 Å². The highest BCUT2D eigenvalue weighted by atomic mass is 16.5. The summed E-state index contributed by atoms with van der Waals surface area (Å²) in [6, 6.07) is 5.60. The number of hydrogen-bond donors (Lipinski definition) is 3. The summed E-state index contributed by atoms with van der Waals surface area (Å²) in [7, 11) is 0. The second-order valence-corrected chi connectivity index (χ2v) is 6.66. The number of ether oxygens (including phenoxy) is 1. The molecule has 1 aromatic rings. The molecule has 3 N–H and O–H groups in total. The van der Waals surface area contributed by atoms with E-state index in [4.69, 9.17) is 4.74 Å². The SMILES string of the molecule is CC(=O)NCCN(C(=O)COc1cccc(NC(=O)C2CC2)c1)C(C)C(=O)O. The van der Waals surface area contributed by atoms with Crippen LogP contribution in [0.2, 0.25) is 0 Å². The molecule has 1 aliphatic rings. The Balaban J connectivity index is 1.93. The van der Waals surface area contributed by atoms with Gasteiger partial charge in [-0.25, -0.2) is 4.79 Å². The standard InChI is InChI=1S/C19H25N3O6/c1-12(19(26)27)22(9-8-20-13(2)23)17(24)11-28-16-5-3-4-15(10-16)21-18(25)14-6-7-14/h3-5,10,12,14H,6-9,11H2,1-2H3,(H,20,23)(H,21,25)(H,26,27). The summed E-state index contributed by atoms with van der Waals surface area (Å²) in [6.07, 6.45) is 1.79. The zero-order valence-electron chi connectivity index (χ0n) is 15.9. The lowest BCUT2D eigenvalue weighted by molar-refractivity contribution is -0.150. The Bertz CT molecular complexity index is 747. The molecule has 0 aromatic heterocycles. The summed E-state index contributed by atoms with van der Waals surface area (Å²) in [4.78, 5) is 47.7. The second-order valence-electron chi connectivity index (χ2n) is 6.66. The Kier molecular flexibility index (Phi) is 7.36. The van der Waals surface area contributed by atoms with Crippen molar-refractivity contribution in [2.24, 2.45) is 5.92 Å². The third-order valence-corrected chi connectivity index (χ3v) is 4.28. The number of hydrogen-bond acceptors (Lipinski definition) is 5. The van der Waals surface area contributed by atoms with Crippen LogP contribution in [0.4, 0.5) is 5.69 Å². The molecule has 28 heavy (non-hydrogen) atoms. The first-order valence-corrected chi connectivity index (χ1v) is 9.08. The van der Waals surface area contributed by atoms with Gasteiger partial charge in [0, 0.05) is 37.7 Å². The number of carboxylic acid groups (broad SMARTS) is 1. The van der Waals surface area contributed by atoms with Crippen LogP contribution in [0.3, 0.4) is 0 Å². The third-order valence-electron chi connectivity index (χ3n) is 4.28. The van der Waals surface area contributed by atoms with Crippen LogP contribution in [-0.4, -0.2) is 59.4 Å². The quantitative estimate of drug-likeness (QED) is 0.543. The number of nitrogens with one attached hydrogen (secondary N) is 2. The molecular weight excluding hydrogens is 366 g/mol. The predicted molar refractivity (Wildman–Crippen MR) is 101 cm³/mol. The van der Waals surface area contributed by atoms with Gasteiger partial charge in [-0.15, -0.1) is 0 Å². The lowest BCUT2D eigenvalue weighted by atomic mass is 10.2. The van der Waals surface area contributed by atoms with Gasteiger partial charge in [0.05, 0.1) is 0 Å². The van der Waals surface area contributed by atoms with Gasteiger partial charge in [0.15, 0.2) is 6.61 Å². The summed E-state index contributed by atoms with van der Waals surface area (Å²) in [5.74, 6) is -1.52. The smallest absolute Gasteiger partial charge is 0.326 e. The van der Waals surface area contributed by atoms with Gasteiger partial charge in [-0.05, 0) is 31.9 Å². The van der Waals surface area contributed by atoms with E-state index >= 15 is 0 Å². The molecular formula is C19H25N3O6. The van der Waals surface area contributed by atoms with E-state index in [0.29, 0.717) is 11.4 Å². The van der Waals surface area contributed by atoms with Crippen LogP contribution < -0.4 is 15.4 Å². The first kappa shape index (κ1) is 21.2. The molecule has 3 amide bonds. The monoisotopic (exact) mass is 391 g/mol. The van der Waals surface area contributed by atoms with Crippen molar-refractivity contribution in [3.63, 3.8) is 0 Å². The van der Waals surface area contributed by atoms with E-state index in [9.17, 15) is 24.3 Å². The zero-order valence-corrected chi connectivity index (χ0v) is 15.9. The van der Waals surface area contributed by atoms with E-state index in [1.54, 1.807) is 24.3 Å². The molecule has 9 nitrogen and oxygen atoms in total. The molecule has 1 aromatic carbocycles. The van der Waals surface area contributed by atoms with Crippen LogP contribution >= 0.6 is 0 Å². The Morgan fingerprint density at radius 3 is 2.61 bits per heavy atom. The Labute approximate surface area is 163 Å². The van der Waals surface area contributed by atoms with Crippen LogP contribution in [0.15, 0.2) is 24.3 Å². The maximum Gasteiger partial charge on any atom is 0.326 e. The van der Waals surface area contributed by atoms with E-state index in [-0.39, 0.29) is 37.4 Å². The molecule has 1 atom stereocenters. The fourth-order valence-corrected chi connectivity index (χ4v) is 2.50. The number of aliphatic carboxylic acids is 1. The highest BCUT2D eigenvalue weighted by molar-refractivity contribution is 5.94. The van der Waals surface area contributed by atoms with Crippen molar-refractivity contribution < 1.29 is 29.0 Å². The summed E-state index contributed by atoms with van der Waals surface area (Å²) in [5, 5.41) is 14.5. The Morgan fingerprint density at radius 1 is 1.29 bits per heavy atom. The van der Waals surface area contributed by atoms with Crippen molar-refractivity contribution in [1.82, 2.24) is 10.2 Å². The first-order chi connectivity index (χ1) is 13.3. The number of carbonyl (C=O) groups is 4. The van der Waals surface area contributed by atoms with E-state index in [1.807, 2.05) is 0 Å². The molecule has 0 aliphatic heterocycles. The molecule has 1 aliphatic carbocycles. The fourth-order valence-electron chi connectivity index (χ4n) is 2.50. The topological polar surface area (TPSA) is 125 Å². The number of benzene rings is 1. The van der Waals surface area contributed by atoms with Gasteiger partial charge < -0.3 is 25.4 Å². The number of carbonyl (C=O) groups excluding carboxylic acids is 3. The van der Waals surface area contributed by atoms with Gasteiger partial charge in [-0.3, -0.25) is 14.4 Å². The molecule has 0 saturated heterocycles. The van der Waals surface area contributed by atoms with Crippen molar-refractivity contribution in [3.05, 3.63) is 24.3 Å². The van der Waals surface area contributed by atoms with Crippen molar-refractivity contribution >= 4 is 29.4 Å². The van der Waals surface area contributed by atoms with Crippen molar-refractivity contribution in [2.75, 3.05) is 25.0 Å². The number of nitrogens with zero attached hydrogens (tertiary/aromatic N) is 1. The van der Waals surface area contributed by atoms with Gasteiger partial charge >= 0.3 is 5.97 Å². The highest BCUT2D eigenvalue weighted by Crippen LogP contribution is 2.30. The van der Waals surface area contributed by atoms with Crippen LogP contribution in [-0.2, 0) is 19.2 Å². The van der Waals surface area contributed by atoms with E-state index in [2.05, 4.69) is 10.6 Å². The number of rotatable bonds is 10. The Morgan fingerprint density at radius 2 is 2.00 bits per heavy atom. The lowest BCUT2D eigenvalue weighted by Crippen LogP contribution is -2.48. The molecule has 1 saturated carbocycles. The maximum absolute atomic E-state index is 12.5. The van der Waals surface area contributed by atoms with Crippen LogP contribution in [0.1, 0.15) is 26.7 Å². The van der Waals surface area contributed by atoms with E-state index < -0.39 is 17.9 Å². The van der Waals surface area contributed by atoms with Crippen molar-refractivity contribution in [2.45, 2.75) is 32.7 Å². The van der Waals surface area contributed by atoms with E-state index in [1.165, 1.54) is 13.8 Å². The minimum absolute atomic E-state index is 0.0346. The molecule has 0 bridgehead atoms. The van der Waals surface area contributed by atoms with Crippen molar-refractivity contribution in [1.29, 1.82) is 0 Å². The molecule has 152 valence electrons. The first-order valence-electron chi connectivity index (χ1n) is 9.08. The lowest BCUT2D eigenvalue weighted by Gasteiger charge is -2.26. The maximum atomic E-state index is 12.5. The Hall–Kier alpha value is -3.10. The highest BCUT2D eigenvalue weighted by Gasteiger charge is 2.29. The summed E-state index contributed by atoms with van der Waals surface area (Å²) >= 11 is 0. The molecule has 2 rings (SSSR count). The minimum atomic E-state index is -1.15. The molecule has 9 heteroatoms.